The maximum Gasteiger partial charge on any atom is 0.408 e. The Kier molecular flexibility index (Phi) is 8.76. The van der Waals surface area contributed by atoms with Crippen LogP contribution in [-0.2, 0) is 26.0 Å². The predicted octanol–water partition coefficient (Wildman–Crippen LogP) is 7.63. The molecule has 1 heterocycles. The summed E-state index contributed by atoms with van der Waals surface area (Å²) in [5.74, 6) is 1.22. The summed E-state index contributed by atoms with van der Waals surface area (Å²) in [7, 11) is 0. The number of rotatable bonds is 10. The zero-order valence-corrected chi connectivity index (χ0v) is 22.1. The van der Waals surface area contributed by atoms with Gasteiger partial charge in [-0.05, 0) is 80.8 Å². The molecule has 0 aliphatic heterocycles. The average molecular weight is 477 g/mol. The van der Waals surface area contributed by atoms with E-state index in [0.29, 0.717) is 19.1 Å². The lowest BCUT2D eigenvalue weighted by Gasteiger charge is -2.34. The van der Waals surface area contributed by atoms with Gasteiger partial charge in [0.05, 0.1) is 12.1 Å². The molecule has 0 saturated carbocycles. The molecule has 3 rings (SSSR count). The van der Waals surface area contributed by atoms with Gasteiger partial charge in [-0.25, -0.2) is 4.79 Å². The molecular formula is C30H40N2O3. The topological polar surface area (TPSA) is 62.7 Å². The molecule has 2 aromatic carbocycles. The minimum atomic E-state index is -0.908. The fraction of sp³-hybridized carbons (Fsp3) is 0.467. The maximum absolute atomic E-state index is 12.2. The molecule has 0 aliphatic rings. The number of hydrogen-bond acceptors (Lipinski definition) is 3. The van der Waals surface area contributed by atoms with Crippen LogP contribution in [0.3, 0.4) is 0 Å². The Balaban J connectivity index is 2.12. The Morgan fingerprint density at radius 1 is 1.09 bits per heavy atom. The quantitative estimate of drug-likeness (QED) is 0.327. The molecule has 0 spiro atoms. The number of aryl methyl sites for hydroxylation is 1. The standard InChI is InChI=1S/C30H40N2O3/c1-7-8-14-24-25-18-23(35-20-22-12-10-9-11-13-22)15-16-27(25)31-28(17-21(2)3)26(24)19-32(29(33)34)30(4,5)6/h9-13,15-16,18,21H,7-8,14,17,19-20H2,1-6H3,(H,33,34). The zero-order valence-electron chi connectivity index (χ0n) is 22.1. The van der Waals surface area contributed by atoms with E-state index >= 15 is 0 Å². The first-order valence-electron chi connectivity index (χ1n) is 12.7. The maximum atomic E-state index is 12.2. The number of carboxylic acid groups (broad SMARTS) is 1. The van der Waals surface area contributed by atoms with Crippen LogP contribution in [0.4, 0.5) is 4.79 Å². The molecule has 0 unspecified atom stereocenters. The van der Waals surface area contributed by atoms with Gasteiger partial charge in [0, 0.05) is 16.6 Å². The van der Waals surface area contributed by atoms with Crippen LogP contribution in [0.2, 0.25) is 0 Å². The van der Waals surface area contributed by atoms with Crippen molar-refractivity contribution in [3.8, 4) is 5.75 Å². The van der Waals surface area contributed by atoms with Gasteiger partial charge in [0.1, 0.15) is 12.4 Å². The minimum absolute atomic E-state index is 0.331. The molecule has 1 aromatic heterocycles. The Morgan fingerprint density at radius 2 is 1.80 bits per heavy atom. The number of fused-ring (bicyclic) bond motifs is 1. The highest BCUT2D eigenvalue weighted by atomic mass is 16.5. The number of aromatic nitrogens is 1. The third-order valence-corrected chi connectivity index (χ3v) is 6.25. The molecule has 1 amide bonds. The van der Waals surface area contributed by atoms with E-state index in [2.05, 4.69) is 39.0 Å². The fourth-order valence-corrected chi connectivity index (χ4v) is 4.37. The van der Waals surface area contributed by atoms with Crippen molar-refractivity contribution in [1.82, 2.24) is 9.88 Å². The van der Waals surface area contributed by atoms with Gasteiger partial charge >= 0.3 is 6.09 Å². The van der Waals surface area contributed by atoms with E-state index in [1.165, 1.54) is 10.5 Å². The van der Waals surface area contributed by atoms with Crippen molar-refractivity contribution >= 4 is 17.0 Å². The molecule has 0 atom stereocenters. The van der Waals surface area contributed by atoms with Crippen molar-refractivity contribution < 1.29 is 14.6 Å². The number of unbranched alkanes of at least 4 members (excludes halogenated alkanes) is 1. The molecule has 1 N–H and O–H groups in total. The van der Waals surface area contributed by atoms with Crippen molar-refractivity contribution in [2.75, 3.05) is 0 Å². The van der Waals surface area contributed by atoms with Gasteiger partial charge in [-0.2, -0.15) is 0 Å². The summed E-state index contributed by atoms with van der Waals surface area (Å²) in [6.45, 7) is 13.2. The van der Waals surface area contributed by atoms with Crippen molar-refractivity contribution in [2.45, 2.75) is 85.9 Å². The molecule has 5 heteroatoms. The number of pyridine rings is 1. The lowest BCUT2D eigenvalue weighted by Crippen LogP contribution is -2.44. The van der Waals surface area contributed by atoms with Gasteiger partial charge in [-0.1, -0.05) is 57.5 Å². The smallest absolute Gasteiger partial charge is 0.408 e. The van der Waals surface area contributed by atoms with Gasteiger partial charge in [-0.3, -0.25) is 9.88 Å². The summed E-state index contributed by atoms with van der Waals surface area (Å²) in [6.07, 6.45) is 2.89. The van der Waals surface area contributed by atoms with Crippen molar-refractivity contribution in [2.24, 2.45) is 5.92 Å². The first-order valence-corrected chi connectivity index (χ1v) is 12.7. The first kappa shape index (κ1) is 26.5. The second-order valence-electron chi connectivity index (χ2n) is 10.7. The highest BCUT2D eigenvalue weighted by Gasteiger charge is 2.29. The summed E-state index contributed by atoms with van der Waals surface area (Å²) >= 11 is 0. The number of hydrogen-bond donors (Lipinski definition) is 1. The number of ether oxygens (including phenoxy) is 1. The van der Waals surface area contributed by atoms with Gasteiger partial charge in [0.15, 0.2) is 0 Å². The SMILES string of the molecule is CCCCc1c(CN(C(=O)O)C(C)(C)C)c(CC(C)C)nc2ccc(OCc3ccccc3)cc12. The van der Waals surface area contributed by atoms with Crippen molar-refractivity contribution in [1.29, 1.82) is 0 Å². The fourth-order valence-electron chi connectivity index (χ4n) is 4.37. The molecule has 0 saturated heterocycles. The van der Waals surface area contributed by atoms with E-state index in [-0.39, 0.29) is 0 Å². The van der Waals surface area contributed by atoms with Crippen molar-refractivity contribution in [3.63, 3.8) is 0 Å². The van der Waals surface area contributed by atoms with Crippen LogP contribution in [0.1, 0.15) is 76.8 Å². The second-order valence-corrected chi connectivity index (χ2v) is 10.7. The Morgan fingerprint density at radius 3 is 2.40 bits per heavy atom. The van der Waals surface area contributed by atoms with E-state index < -0.39 is 11.6 Å². The van der Waals surface area contributed by atoms with Crippen LogP contribution in [0.25, 0.3) is 10.9 Å². The zero-order chi connectivity index (χ0) is 25.6. The lowest BCUT2D eigenvalue weighted by molar-refractivity contribution is 0.0951. The van der Waals surface area contributed by atoms with Crippen LogP contribution in [0.15, 0.2) is 48.5 Å². The Bertz CT molecular complexity index is 1130. The first-order chi connectivity index (χ1) is 16.6. The van der Waals surface area contributed by atoms with Crippen LogP contribution < -0.4 is 4.74 Å². The van der Waals surface area contributed by atoms with Crippen molar-refractivity contribution in [3.05, 3.63) is 70.9 Å². The average Bonchev–Trinajstić information content (AvgIpc) is 2.79. The van der Waals surface area contributed by atoms with Gasteiger partial charge in [0.25, 0.3) is 0 Å². The largest absolute Gasteiger partial charge is 0.489 e. The molecular weight excluding hydrogens is 436 g/mol. The molecule has 3 aromatic rings. The summed E-state index contributed by atoms with van der Waals surface area (Å²) in [5, 5.41) is 11.1. The van der Waals surface area contributed by atoms with E-state index in [4.69, 9.17) is 9.72 Å². The highest BCUT2D eigenvalue weighted by molar-refractivity contribution is 5.85. The Hall–Kier alpha value is -3.08. The van der Waals surface area contributed by atoms with E-state index in [1.54, 1.807) is 0 Å². The monoisotopic (exact) mass is 476 g/mol. The third kappa shape index (κ3) is 6.97. The minimum Gasteiger partial charge on any atom is -0.489 e. The normalized spacial score (nSPS) is 11.7. The van der Waals surface area contributed by atoms with Gasteiger partial charge in [-0.15, -0.1) is 0 Å². The van der Waals surface area contributed by atoms with Gasteiger partial charge < -0.3 is 9.84 Å². The van der Waals surface area contributed by atoms with E-state index in [0.717, 1.165) is 59.2 Å². The van der Waals surface area contributed by atoms with Crippen LogP contribution in [0.5, 0.6) is 5.75 Å². The van der Waals surface area contributed by atoms with Crippen LogP contribution in [0, 0.1) is 5.92 Å². The van der Waals surface area contributed by atoms with E-state index in [1.807, 2.05) is 51.1 Å². The van der Waals surface area contributed by atoms with E-state index in [9.17, 15) is 9.90 Å². The Labute approximate surface area is 210 Å². The third-order valence-electron chi connectivity index (χ3n) is 6.25. The molecule has 0 radical (unpaired) electrons. The molecule has 188 valence electrons. The number of amides is 1. The summed E-state index contributed by atoms with van der Waals surface area (Å²) in [6, 6.07) is 16.2. The lowest BCUT2D eigenvalue weighted by atomic mass is 9.91. The number of carbonyl (C=O) groups is 1. The summed E-state index contributed by atoms with van der Waals surface area (Å²) in [4.78, 5) is 18.8. The number of nitrogens with zero attached hydrogens (tertiary/aromatic N) is 2. The predicted molar refractivity (Wildman–Crippen MR) is 143 cm³/mol. The molecule has 0 aliphatic carbocycles. The molecule has 5 nitrogen and oxygen atoms in total. The molecule has 35 heavy (non-hydrogen) atoms. The van der Waals surface area contributed by atoms with Crippen LogP contribution >= 0.6 is 0 Å². The molecule has 0 fully saturated rings. The van der Waals surface area contributed by atoms with Gasteiger partial charge in [0.2, 0.25) is 0 Å². The van der Waals surface area contributed by atoms with Crippen LogP contribution in [-0.4, -0.2) is 26.6 Å². The number of benzene rings is 2. The highest BCUT2D eigenvalue weighted by Crippen LogP contribution is 2.32. The molecule has 0 bridgehead atoms. The summed E-state index contributed by atoms with van der Waals surface area (Å²) < 4.78 is 6.14. The summed E-state index contributed by atoms with van der Waals surface area (Å²) in [5.41, 5.74) is 4.81. The second kappa shape index (κ2) is 11.6.